The fourth-order valence-electron chi connectivity index (χ4n) is 7.60. The van der Waals surface area contributed by atoms with Crippen LogP contribution in [0, 0.1) is 6.92 Å². The summed E-state index contributed by atoms with van der Waals surface area (Å²) in [6.07, 6.45) is 6.45. The number of anilines is 3. The Morgan fingerprint density at radius 2 is 1.70 bits per heavy atom. The Balaban J connectivity index is 1.30. The number of pyridine rings is 1. The lowest BCUT2D eigenvalue weighted by atomic mass is 9.72. The van der Waals surface area contributed by atoms with E-state index in [0.717, 1.165) is 58.6 Å². The maximum atomic E-state index is 6.75. The van der Waals surface area contributed by atoms with Crippen LogP contribution in [0.3, 0.4) is 0 Å². The number of rotatable bonds is 5. The fraction of sp³-hybridized carbons (Fsp3) is 0.429. The van der Waals surface area contributed by atoms with Gasteiger partial charge in [-0.05, 0) is 109 Å². The van der Waals surface area contributed by atoms with E-state index >= 15 is 0 Å². The van der Waals surface area contributed by atoms with E-state index in [-0.39, 0.29) is 22.5 Å². The van der Waals surface area contributed by atoms with Gasteiger partial charge in [-0.15, -0.1) is 0 Å². The van der Waals surface area contributed by atoms with Crippen LogP contribution in [0.4, 0.5) is 17.2 Å². The summed E-state index contributed by atoms with van der Waals surface area (Å²) in [5, 5.41) is 0. The van der Waals surface area contributed by atoms with E-state index in [2.05, 4.69) is 134 Å². The van der Waals surface area contributed by atoms with Gasteiger partial charge in [0.2, 0.25) is 5.90 Å². The van der Waals surface area contributed by atoms with E-state index in [9.17, 15) is 0 Å². The predicted octanol–water partition coefficient (Wildman–Crippen LogP) is 11.2. The van der Waals surface area contributed by atoms with Crippen molar-refractivity contribution in [3.8, 4) is 11.5 Å². The van der Waals surface area contributed by atoms with Crippen LogP contribution in [0.25, 0.3) is 0 Å². The molecule has 2 atom stereocenters. The average Bonchev–Trinajstić information content (AvgIpc) is 3.38. The Hall–Kier alpha value is -4.12. The highest BCUT2D eigenvalue weighted by Gasteiger charge is 2.44. The molecule has 4 aromatic rings. The Morgan fingerprint density at radius 3 is 2.45 bits per heavy atom. The number of aliphatic imine (C=N–C) groups is 1. The van der Waals surface area contributed by atoms with Gasteiger partial charge in [0.25, 0.3) is 0 Å². The molecule has 3 aromatic carbocycles. The molecular formula is C42H49N3O2. The van der Waals surface area contributed by atoms with E-state index in [0.29, 0.717) is 5.92 Å². The SMILES string of the molecule is Cc1cc(Oc2cc(C3=N[C@H]4CCCC[C@]4(C)O3)cc(C(C)C)c2)cc(N2c3ccc(C(C)(C)C)cc3C(C)(C)c3cccnc32)c1. The number of fused-ring (bicyclic) bond motifs is 3. The van der Waals surface area contributed by atoms with Crippen molar-refractivity contribution < 1.29 is 9.47 Å². The van der Waals surface area contributed by atoms with Gasteiger partial charge in [-0.2, -0.15) is 0 Å². The minimum Gasteiger partial charge on any atom is -0.469 e. The molecule has 5 heteroatoms. The van der Waals surface area contributed by atoms with E-state index in [4.69, 9.17) is 19.5 Å². The van der Waals surface area contributed by atoms with Crippen LogP contribution >= 0.6 is 0 Å². The zero-order valence-electron chi connectivity index (χ0n) is 29.6. The van der Waals surface area contributed by atoms with Crippen molar-refractivity contribution in [1.82, 2.24) is 4.98 Å². The molecule has 0 amide bonds. The zero-order valence-corrected chi connectivity index (χ0v) is 29.6. The zero-order chi connectivity index (χ0) is 33.3. The van der Waals surface area contributed by atoms with Crippen molar-refractivity contribution in [2.75, 3.05) is 4.90 Å². The molecule has 7 rings (SSSR count). The predicted molar refractivity (Wildman–Crippen MR) is 193 cm³/mol. The Kier molecular flexibility index (Phi) is 7.53. The number of ether oxygens (including phenoxy) is 2. The Bertz CT molecular complexity index is 1880. The Labute approximate surface area is 281 Å². The molecule has 0 radical (unpaired) electrons. The minimum atomic E-state index is -0.203. The van der Waals surface area contributed by atoms with Gasteiger partial charge in [0, 0.05) is 28.8 Å². The van der Waals surface area contributed by atoms with Gasteiger partial charge in [0.1, 0.15) is 22.9 Å². The highest BCUT2D eigenvalue weighted by molar-refractivity contribution is 5.96. The molecule has 1 aliphatic carbocycles. The van der Waals surface area contributed by atoms with Crippen molar-refractivity contribution >= 4 is 23.1 Å². The second-order valence-electron chi connectivity index (χ2n) is 16.0. The summed E-state index contributed by atoms with van der Waals surface area (Å²) in [5.74, 6) is 3.63. The number of aryl methyl sites for hydroxylation is 1. The molecule has 0 spiro atoms. The number of hydrogen-bond acceptors (Lipinski definition) is 5. The van der Waals surface area contributed by atoms with Crippen LogP contribution in [0.5, 0.6) is 11.5 Å². The van der Waals surface area contributed by atoms with Crippen molar-refractivity contribution in [2.45, 2.75) is 116 Å². The number of benzene rings is 3. The summed E-state index contributed by atoms with van der Waals surface area (Å²) in [6.45, 7) is 20.3. The lowest BCUT2D eigenvalue weighted by molar-refractivity contribution is 0.0446. The third-order valence-electron chi connectivity index (χ3n) is 10.5. The molecule has 5 nitrogen and oxygen atoms in total. The summed E-state index contributed by atoms with van der Waals surface area (Å²) in [6, 6.07) is 24.4. The first-order valence-electron chi connectivity index (χ1n) is 17.4. The first kappa shape index (κ1) is 31.5. The first-order chi connectivity index (χ1) is 22.2. The summed E-state index contributed by atoms with van der Waals surface area (Å²) in [4.78, 5) is 12.4. The number of nitrogens with zero attached hydrogens (tertiary/aromatic N) is 3. The van der Waals surface area contributed by atoms with E-state index < -0.39 is 0 Å². The van der Waals surface area contributed by atoms with Gasteiger partial charge in [0.05, 0.1) is 17.4 Å². The van der Waals surface area contributed by atoms with Gasteiger partial charge in [-0.3, -0.25) is 4.90 Å². The van der Waals surface area contributed by atoms with Crippen LogP contribution in [-0.4, -0.2) is 22.5 Å². The minimum absolute atomic E-state index is 0.0453. The van der Waals surface area contributed by atoms with Crippen molar-refractivity contribution in [1.29, 1.82) is 0 Å². The molecule has 0 saturated heterocycles. The van der Waals surface area contributed by atoms with Crippen molar-refractivity contribution in [2.24, 2.45) is 4.99 Å². The van der Waals surface area contributed by atoms with Gasteiger partial charge in [-0.1, -0.05) is 73.1 Å². The molecule has 2 aliphatic heterocycles. The molecule has 47 heavy (non-hydrogen) atoms. The van der Waals surface area contributed by atoms with Crippen molar-refractivity contribution in [3.63, 3.8) is 0 Å². The molecule has 1 fully saturated rings. The number of aromatic nitrogens is 1. The third kappa shape index (κ3) is 5.62. The number of hydrogen-bond donors (Lipinski definition) is 0. The van der Waals surface area contributed by atoms with Crippen LogP contribution in [0.15, 0.2) is 77.9 Å². The normalized spacial score (nSPS) is 21.4. The highest BCUT2D eigenvalue weighted by Crippen LogP contribution is 2.52. The first-order valence-corrected chi connectivity index (χ1v) is 17.4. The molecule has 0 unspecified atom stereocenters. The van der Waals surface area contributed by atoms with Crippen LogP contribution < -0.4 is 9.64 Å². The smallest absolute Gasteiger partial charge is 0.217 e. The van der Waals surface area contributed by atoms with Crippen LogP contribution in [0.1, 0.15) is 120 Å². The summed E-state index contributed by atoms with van der Waals surface area (Å²) in [5.41, 5.74) is 8.98. The average molecular weight is 628 g/mol. The monoisotopic (exact) mass is 627 g/mol. The lowest BCUT2D eigenvalue weighted by Gasteiger charge is -2.41. The Morgan fingerprint density at radius 1 is 0.915 bits per heavy atom. The van der Waals surface area contributed by atoms with Gasteiger partial charge in [0.15, 0.2) is 0 Å². The molecule has 1 aromatic heterocycles. The molecule has 0 N–H and O–H groups in total. The van der Waals surface area contributed by atoms with Crippen molar-refractivity contribution in [3.05, 3.63) is 106 Å². The van der Waals surface area contributed by atoms with E-state index in [1.54, 1.807) is 0 Å². The highest BCUT2D eigenvalue weighted by atomic mass is 16.5. The van der Waals surface area contributed by atoms with Crippen LogP contribution in [0.2, 0.25) is 0 Å². The van der Waals surface area contributed by atoms with Gasteiger partial charge >= 0.3 is 0 Å². The molecule has 1 saturated carbocycles. The standard InChI is InChI=1S/C42H49N3O2/c1-26(2)28-21-29(39-44-37-14-10-11-17-42(37,9)47-39)23-33(22-28)46-32-20-27(3)19-31(25-32)45-36-16-15-30(40(4,5)6)24-35(36)41(7,8)34-13-12-18-43-38(34)45/h12-13,15-16,18-26,37H,10-11,14,17H2,1-9H3/t37-,42-/m0/s1. The quantitative estimate of drug-likeness (QED) is 0.221. The van der Waals surface area contributed by atoms with Gasteiger partial charge in [-0.25, -0.2) is 9.98 Å². The lowest BCUT2D eigenvalue weighted by Crippen LogP contribution is -2.39. The molecular weight excluding hydrogens is 578 g/mol. The van der Waals surface area contributed by atoms with Gasteiger partial charge < -0.3 is 9.47 Å². The topological polar surface area (TPSA) is 47.0 Å². The third-order valence-corrected chi connectivity index (χ3v) is 10.5. The molecule has 0 bridgehead atoms. The second kappa shape index (κ2) is 11.2. The largest absolute Gasteiger partial charge is 0.469 e. The van der Waals surface area contributed by atoms with Crippen LogP contribution in [-0.2, 0) is 15.6 Å². The maximum absolute atomic E-state index is 6.75. The summed E-state index contributed by atoms with van der Waals surface area (Å²) in [7, 11) is 0. The van der Waals surface area contributed by atoms with E-state index in [1.165, 1.54) is 35.1 Å². The molecule has 3 aliphatic rings. The fourth-order valence-corrected chi connectivity index (χ4v) is 7.60. The van der Waals surface area contributed by atoms with E-state index in [1.807, 2.05) is 6.20 Å². The second-order valence-corrected chi connectivity index (χ2v) is 16.0. The summed E-state index contributed by atoms with van der Waals surface area (Å²) < 4.78 is 13.3. The molecule has 244 valence electrons. The maximum Gasteiger partial charge on any atom is 0.217 e. The summed E-state index contributed by atoms with van der Waals surface area (Å²) >= 11 is 0. The molecule has 3 heterocycles.